The van der Waals surface area contributed by atoms with E-state index < -0.39 is 34.7 Å². The van der Waals surface area contributed by atoms with Gasteiger partial charge in [-0.3, -0.25) is 4.79 Å². The summed E-state index contributed by atoms with van der Waals surface area (Å²) in [6.07, 6.45) is 15.3. The first-order valence-corrected chi connectivity index (χ1v) is 17.4. The van der Waals surface area contributed by atoms with Gasteiger partial charge in [0.05, 0.1) is 30.2 Å². The van der Waals surface area contributed by atoms with Crippen LogP contribution in [-0.2, 0) is 11.3 Å². The first kappa shape index (κ1) is 32.2. The summed E-state index contributed by atoms with van der Waals surface area (Å²) >= 11 is 0. The molecule has 0 saturated heterocycles. The van der Waals surface area contributed by atoms with E-state index >= 15 is 0 Å². The second kappa shape index (κ2) is 11.5. The van der Waals surface area contributed by atoms with E-state index in [2.05, 4.69) is 44.2 Å². The van der Waals surface area contributed by atoms with Crippen molar-refractivity contribution in [3.05, 3.63) is 41.5 Å². The molecule has 5 aliphatic carbocycles. The number of aliphatic hydroxyl groups excluding tert-OH is 3. The highest BCUT2D eigenvalue weighted by Crippen LogP contribution is 2.68. The third kappa shape index (κ3) is 5.09. The molecule has 244 valence electrons. The van der Waals surface area contributed by atoms with Crippen molar-refractivity contribution in [3.63, 3.8) is 0 Å². The SMILES string of the molecule is CC(C(O)CC(=C1CCCC1)C(C)(C)CCn1ccnc1)C1CCC2(O)C3=CC(=O)C4CC(O)C(O)CC4(C)C3CCC12C. The number of aromatic nitrogens is 2. The van der Waals surface area contributed by atoms with Crippen molar-refractivity contribution in [1.82, 2.24) is 9.55 Å². The van der Waals surface area contributed by atoms with Gasteiger partial charge < -0.3 is 25.0 Å². The van der Waals surface area contributed by atoms with Gasteiger partial charge in [-0.05, 0) is 117 Å². The summed E-state index contributed by atoms with van der Waals surface area (Å²) in [5.74, 6) is -0.182. The van der Waals surface area contributed by atoms with Gasteiger partial charge in [0, 0.05) is 30.3 Å². The van der Waals surface area contributed by atoms with Crippen molar-refractivity contribution >= 4 is 5.78 Å². The molecular weight excluding hydrogens is 552 g/mol. The van der Waals surface area contributed by atoms with E-state index in [0.717, 1.165) is 50.6 Å². The molecule has 1 heterocycles. The Balaban J connectivity index is 1.23. The Labute approximate surface area is 263 Å². The number of aryl methyl sites for hydroxylation is 1. The molecule has 1 aromatic rings. The van der Waals surface area contributed by atoms with Crippen LogP contribution in [0.3, 0.4) is 0 Å². The lowest BCUT2D eigenvalue weighted by atomic mass is 9.46. The van der Waals surface area contributed by atoms with Crippen LogP contribution in [0.2, 0.25) is 0 Å². The summed E-state index contributed by atoms with van der Waals surface area (Å²) in [7, 11) is 0. The van der Waals surface area contributed by atoms with Gasteiger partial charge >= 0.3 is 0 Å². The number of ketones is 1. The molecular formula is C37H56N2O5. The third-order valence-electron chi connectivity index (χ3n) is 13.8. The van der Waals surface area contributed by atoms with Crippen LogP contribution in [0.25, 0.3) is 0 Å². The monoisotopic (exact) mass is 608 g/mol. The number of aliphatic hydroxyl groups is 4. The molecule has 6 rings (SSSR count). The molecule has 5 aliphatic rings. The number of nitrogens with zero attached hydrogens (tertiary/aromatic N) is 2. The lowest BCUT2D eigenvalue weighted by Crippen LogP contribution is -2.61. The zero-order valence-electron chi connectivity index (χ0n) is 27.6. The zero-order chi connectivity index (χ0) is 31.7. The van der Waals surface area contributed by atoms with E-state index in [0.29, 0.717) is 19.3 Å². The molecule has 7 heteroatoms. The van der Waals surface area contributed by atoms with Crippen molar-refractivity contribution in [1.29, 1.82) is 0 Å². The summed E-state index contributed by atoms with van der Waals surface area (Å²) < 4.78 is 2.14. The van der Waals surface area contributed by atoms with Crippen LogP contribution >= 0.6 is 0 Å². The van der Waals surface area contributed by atoms with Crippen LogP contribution in [0, 0.1) is 39.9 Å². The van der Waals surface area contributed by atoms with Gasteiger partial charge in [-0.1, -0.05) is 45.8 Å². The predicted octanol–water partition coefficient (Wildman–Crippen LogP) is 5.76. The molecule has 4 fully saturated rings. The average molecular weight is 609 g/mol. The largest absolute Gasteiger partial charge is 0.393 e. The Kier molecular flexibility index (Phi) is 8.38. The molecule has 10 unspecified atom stereocenters. The number of allylic oxidation sites excluding steroid dienone is 2. The number of hydrogen-bond donors (Lipinski definition) is 4. The van der Waals surface area contributed by atoms with E-state index in [1.807, 2.05) is 18.7 Å². The lowest BCUT2D eigenvalue weighted by Gasteiger charge is -2.60. The van der Waals surface area contributed by atoms with Gasteiger partial charge in [-0.25, -0.2) is 4.98 Å². The summed E-state index contributed by atoms with van der Waals surface area (Å²) in [6.45, 7) is 12.0. The van der Waals surface area contributed by atoms with Gasteiger partial charge in [-0.15, -0.1) is 0 Å². The fourth-order valence-corrected chi connectivity index (χ4v) is 10.9. The quantitative estimate of drug-likeness (QED) is 0.279. The van der Waals surface area contributed by atoms with E-state index in [-0.39, 0.29) is 41.3 Å². The number of rotatable bonds is 8. The Hall–Kier alpha value is -1.80. The normalized spacial score (nSPS) is 40.2. The molecule has 0 amide bonds. The maximum Gasteiger partial charge on any atom is 0.159 e. The van der Waals surface area contributed by atoms with Crippen molar-refractivity contribution in [3.8, 4) is 0 Å². The summed E-state index contributed by atoms with van der Waals surface area (Å²) in [6, 6.07) is 0. The molecule has 44 heavy (non-hydrogen) atoms. The van der Waals surface area contributed by atoms with E-state index in [1.165, 1.54) is 24.0 Å². The molecule has 4 saturated carbocycles. The average Bonchev–Trinajstić information content (AvgIpc) is 3.73. The maximum atomic E-state index is 13.5. The highest BCUT2D eigenvalue weighted by atomic mass is 16.3. The lowest BCUT2D eigenvalue weighted by molar-refractivity contribution is -0.154. The second-order valence-electron chi connectivity index (χ2n) is 16.5. The van der Waals surface area contributed by atoms with Gasteiger partial charge in [0.2, 0.25) is 0 Å². The van der Waals surface area contributed by atoms with Crippen molar-refractivity contribution in [2.24, 2.45) is 39.9 Å². The number of imidazole rings is 1. The van der Waals surface area contributed by atoms with Crippen molar-refractivity contribution < 1.29 is 25.2 Å². The first-order valence-electron chi connectivity index (χ1n) is 17.4. The number of fused-ring (bicyclic) bond motifs is 5. The zero-order valence-corrected chi connectivity index (χ0v) is 27.6. The maximum absolute atomic E-state index is 13.5. The predicted molar refractivity (Wildman–Crippen MR) is 170 cm³/mol. The standard InChI is InChI=1S/C37H56N2O5/c1-23(30(40)18-27(24-8-6-7-9-24)34(2,3)14-16-39-17-15-38-22-39)25-11-13-37(44)28-19-31(41)29-20-32(42)33(43)21-35(29,4)26(28)10-12-36(25,37)5/h15,17,19,22-23,25-26,29-30,32-33,40,42-44H,6-14,16,18,20-21H2,1-5H3. The molecule has 0 aromatic carbocycles. The molecule has 1 aromatic heterocycles. The summed E-state index contributed by atoms with van der Waals surface area (Å²) in [5, 5.41) is 45.6. The number of carbonyl (C=O) groups is 1. The van der Waals surface area contributed by atoms with Gasteiger partial charge in [0.15, 0.2) is 5.78 Å². The van der Waals surface area contributed by atoms with Crippen LogP contribution in [0.4, 0.5) is 0 Å². The van der Waals surface area contributed by atoms with E-state index in [9.17, 15) is 25.2 Å². The van der Waals surface area contributed by atoms with Gasteiger partial charge in [0.25, 0.3) is 0 Å². The second-order valence-corrected chi connectivity index (χ2v) is 16.5. The minimum atomic E-state index is -1.10. The molecule has 4 N–H and O–H groups in total. The van der Waals surface area contributed by atoms with Crippen LogP contribution in [0.5, 0.6) is 0 Å². The third-order valence-corrected chi connectivity index (χ3v) is 13.8. The fourth-order valence-electron chi connectivity index (χ4n) is 10.9. The smallest absolute Gasteiger partial charge is 0.159 e. The summed E-state index contributed by atoms with van der Waals surface area (Å²) in [5.41, 5.74) is 1.77. The molecule has 0 spiro atoms. The van der Waals surface area contributed by atoms with Crippen molar-refractivity contribution in [2.45, 2.75) is 142 Å². The molecule has 0 aliphatic heterocycles. The first-order chi connectivity index (χ1) is 20.7. The number of hydrogen-bond acceptors (Lipinski definition) is 6. The minimum absolute atomic E-state index is 0.00176. The Morgan fingerprint density at radius 2 is 1.84 bits per heavy atom. The molecule has 10 atom stereocenters. The van der Waals surface area contributed by atoms with Gasteiger partial charge in [-0.2, -0.15) is 0 Å². The topological polar surface area (TPSA) is 116 Å². The highest BCUT2D eigenvalue weighted by Gasteiger charge is 2.67. The van der Waals surface area contributed by atoms with Crippen molar-refractivity contribution in [2.75, 3.05) is 0 Å². The van der Waals surface area contributed by atoms with E-state index in [4.69, 9.17) is 0 Å². The molecule has 7 nitrogen and oxygen atoms in total. The fraction of sp³-hybridized carbons (Fsp3) is 0.784. The van der Waals surface area contributed by atoms with Crippen LogP contribution < -0.4 is 0 Å². The van der Waals surface area contributed by atoms with Crippen LogP contribution in [-0.4, -0.2) is 59.7 Å². The molecule has 0 bridgehead atoms. The Morgan fingerprint density at radius 3 is 2.52 bits per heavy atom. The van der Waals surface area contributed by atoms with E-state index in [1.54, 1.807) is 6.08 Å². The Bertz CT molecular complexity index is 1290. The Morgan fingerprint density at radius 1 is 1.11 bits per heavy atom. The molecule has 0 radical (unpaired) electrons. The summed E-state index contributed by atoms with van der Waals surface area (Å²) in [4.78, 5) is 17.8. The number of carbonyl (C=O) groups excluding carboxylic acids is 1. The van der Waals surface area contributed by atoms with Crippen LogP contribution in [0.15, 0.2) is 41.5 Å². The van der Waals surface area contributed by atoms with Gasteiger partial charge in [0.1, 0.15) is 0 Å². The van der Waals surface area contributed by atoms with Crippen LogP contribution in [0.1, 0.15) is 112 Å². The minimum Gasteiger partial charge on any atom is -0.393 e. The highest BCUT2D eigenvalue weighted by molar-refractivity contribution is 5.95.